The molecule has 0 bridgehead atoms. The second-order valence-electron chi connectivity index (χ2n) is 2.70. The van der Waals surface area contributed by atoms with Gasteiger partial charge in [0.2, 0.25) is 0 Å². The van der Waals surface area contributed by atoms with E-state index in [1.807, 2.05) is 0 Å². The third-order valence-electron chi connectivity index (χ3n) is 1.83. The second kappa shape index (κ2) is 3.61. The number of nitro groups is 2. The Kier molecular flexibility index (Phi) is 2.40. The van der Waals surface area contributed by atoms with Gasteiger partial charge in [-0.2, -0.15) is 8.75 Å². The molecule has 0 unspecified atom stereocenters. The van der Waals surface area contributed by atoms with Crippen LogP contribution in [0, 0.1) is 20.2 Å². The number of halogens is 1. The van der Waals surface area contributed by atoms with E-state index >= 15 is 0 Å². The van der Waals surface area contributed by atoms with E-state index in [0.29, 0.717) is 11.7 Å². The van der Waals surface area contributed by atoms with Crippen LogP contribution in [-0.4, -0.2) is 18.6 Å². The zero-order valence-electron chi connectivity index (χ0n) is 7.29. The van der Waals surface area contributed by atoms with Gasteiger partial charge in [0.15, 0.2) is 5.52 Å². The molecule has 8 nitrogen and oxygen atoms in total. The Bertz CT molecular complexity index is 612. The first-order valence-corrected chi connectivity index (χ1v) is 4.86. The lowest BCUT2D eigenvalue weighted by atomic mass is 10.2. The average molecular weight is 261 g/mol. The summed E-state index contributed by atoms with van der Waals surface area (Å²) in [5, 5.41) is 21.1. The van der Waals surface area contributed by atoms with Gasteiger partial charge in [-0.25, -0.2) is 0 Å². The lowest BCUT2D eigenvalue weighted by Crippen LogP contribution is -1.95. The Morgan fingerprint density at radius 1 is 1.12 bits per heavy atom. The maximum atomic E-state index is 10.7. The van der Waals surface area contributed by atoms with Crippen molar-refractivity contribution in [1.82, 2.24) is 8.75 Å². The Morgan fingerprint density at radius 3 is 2.25 bits per heavy atom. The largest absolute Gasteiger partial charge is 0.305 e. The molecule has 1 aromatic carbocycles. The van der Waals surface area contributed by atoms with E-state index in [4.69, 9.17) is 11.6 Å². The summed E-state index contributed by atoms with van der Waals surface area (Å²) < 4.78 is 7.38. The van der Waals surface area contributed by atoms with Crippen molar-refractivity contribution in [3.05, 3.63) is 31.3 Å². The van der Waals surface area contributed by atoms with Crippen LogP contribution in [0.5, 0.6) is 0 Å². The van der Waals surface area contributed by atoms with Gasteiger partial charge in [0.25, 0.3) is 5.69 Å². The van der Waals surface area contributed by atoms with Crippen LogP contribution >= 0.6 is 23.3 Å². The highest BCUT2D eigenvalue weighted by atomic mass is 35.5. The molecule has 2 rings (SSSR count). The standard InChI is InChI=1S/C6HClN4O4S/c7-4-2(10(12)13)1-3(11(14)15)5-6(4)9-16-8-5/h1H. The van der Waals surface area contributed by atoms with Crippen LogP contribution in [0.15, 0.2) is 6.07 Å². The van der Waals surface area contributed by atoms with Gasteiger partial charge >= 0.3 is 5.69 Å². The molecule has 0 saturated heterocycles. The number of rotatable bonds is 2. The van der Waals surface area contributed by atoms with Crippen molar-refractivity contribution in [2.24, 2.45) is 0 Å². The molecule has 0 saturated carbocycles. The maximum Gasteiger partial charge on any atom is 0.305 e. The van der Waals surface area contributed by atoms with Crippen LogP contribution < -0.4 is 0 Å². The van der Waals surface area contributed by atoms with Crippen LogP contribution in [-0.2, 0) is 0 Å². The summed E-state index contributed by atoms with van der Waals surface area (Å²) in [6.07, 6.45) is 0. The highest BCUT2D eigenvalue weighted by Gasteiger charge is 2.27. The molecule has 0 atom stereocenters. The van der Waals surface area contributed by atoms with Gasteiger partial charge in [0.1, 0.15) is 10.5 Å². The summed E-state index contributed by atoms with van der Waals surface area (Å²) in [6, 6.07) is 0.784. The molecule has 0 aliphatic carbocycles. The first-order chi connectivity index (χ1) is 7.52. The highest BCUT2D eigenvalue weighted by molar-refractivity contribution is 7.00. The highest BCUT2D eigenvalue weighted by Crippen LogP contribution is 2.37. The van der Waals surface area contributed by atoms with E-state index in [9.17, 15) is 20.2 Å². The predicted octanol–water partition coefficient (Wildman–Crippen LogP) is 2.16. The minimum absolute atomic E-state index is 0.0208. The van der Waals surface area contributed by atoms with Crippen LogP contribution in [0.3, 0.4) is 0 Å². The van der Waals surface area contributed by atoms with Crippen molar-refractivity contribution in [1.29, 1.82) is 0 Å². The Hall–Kier alpha value is -1.87. The minimum Gasteiger partial charge on any atom is -0.258 e. The van der Waals surface area contributed by atoms with Crippen LogP contribution in [0.25, 0.3) is 11.0 Å². The molecule has 1 heterocycles. The molecule has 0 aliphatic heterocycles. The summed E-state index contributed by atoms with van der Waals surface area (Å²) in [5.74, 6) is 0. The Morgan fingerprint density at radius 2 is 1.69 bits per heavy atom. The molecule has 0 radical (unpaired) electrons. The van der Waals surface area contributed by atoms with E-state index in [-0.39, 0.29) is 16.1 Å². The second-order valence-corrected chi connectivity index (χ2v) is 3.61. The number of non-ortho nitro benzene ring substituents is 1. The number of nitrogens with zero attached hydrogens (tertiary/aromatic N) is 4. The average Bonchev–Trinajstić information content (AvgIpc) is 2.66. The number of aromatic nitrogens is 2. The SMILES string of the molecule is O=[N+]([O-])c1cc([N+](=O)[O-])c2nsnc2c1Cl. The summed E-state index contributed by atoms with van der Waals surface area (Å²) in [7, 11) is 0. The molecule has 10 heteroatoms. The molecule has 0 amide bonds. The van der Waals surface area contributed by atoms with Crippen molar-refractivity contribution in [2.75, 3.05) is 0 Å². The fourth-order valence-corrected chi connectivity index (χ4v) is 2.02. The van der Waals surface area contributed by atoms with E-state index in [1.165, 1.54) is 0 Å². The topological polar surface area (TPSA) is 112 Å². The number of fused-ring (bicyclic) bond motifs is 1. The molecule has 16 heavy (non-hydrogen) atoms. The third-order valence-corrected chi connectivity index (χ3v) is 2.73. The Labute approximate surface area is 96.1 Å². The van der Waals surface area contributed by atoms with Gasteiger partial charge in [0, 0.05) is 0 Å². The van der Waals surface area contributed by atoms with Gasteiger partial charge in [-0.05, 0) is 0 Å². The summed E-state index contributed by atoms with van der Waals surface area (Å²) in [6.45, 7) is 0. The third kappa shape index (κ3) is 1.46. The molecule has 2 aromatic rings. The van der Waals surface area contributed by atoms with Crippen molar-refractivity contribution in [3.8, 4) is 0 Å². The number of hydrogen-bond acceptors (Lipinski definition) is 7. The molecule has 0 spiro atoms. The van der Waals surface area contributed by atoms with Gasteiger partial charge < -0.3 is 0 Å². The molecular formula is C6HClN4O4S. The van der Waals surface area contributed by atoms with Crippen molar-refractivity contribution in [3.63, 3.8) is 0 Å². The minimum atomic E-state index is -0.797. The Balaban J connectivity index is 2.90. The summed E-state index contributed by atoms with van der Waals surface area (Å²) in [4.78, 5) is 19.7. The van der Waals surface area contributed by atoms with Gasteiger partial charge in [0.05, 0.1) is 27.6 Å². The quantitative estimate of drug-likeness (QED) is 0.604. The molecule has 0 fully saturated rings. The molecule has 0 aliphatic rings. The molecule has 82 valence electrons. The predicted molar refractivity (Wildman–Crippen MR) is 55.7 cm³/mol. The van der Waals surface area contributed by atoms with E-state index in [2.05, 4.69) is 8.75 Å². The van der Waals surface area contributed by atoms with E-state index in [1.54, 1.807) is 0 Å². The van der Waals surface area contributed by atoms with Crippen molar-refractivity contribution >= 4 is 45.7 Å². The zero-order valence-corrected chi connectivity index (χ0v) is 8.86. The monoisotopic (exact) mass is 260 g/mol. The fraction of sp³-hybridized carbons (Fsp3) is 0. The van der Waals surface area contributed by atoms with E-state index in [0.717, 1.165) is 6.07 Å². The van der Waals surface area contributed by atoms with Crippen LogP contribution in [0.1, 0.15) is 0 Å². The van der Waals surface area contributed by atoms with Gasteiger partial charge in [-0.15, -0.1) is 0 Å². The molecule has 0 N–H and O–H groups in total. The van der Waals surface area contributed by atoms with Crippen LogP contribution in [0.2, 0.25) is 5.02 Å². The molecule has 1 aromatic heterocycles. The molecular weight excluding hydrogens is 260 g/mol. The van der Waals surface area contributed by atoms with Crippen molar-refractivity contribution < 1.29 is 9.85 Å². The smallest absolute Gasteiger partial charge is 0.258 e. The fourth-order valence-electron chi connectivity index (χ4n) is 1.16. The van der Waals surface area contributed by atoms with Gasteiger partial charge in [-0.1, -0.05) is 11.6 Å². The van der Waals surface area contributed by atoms with Crippen molar-refractivity contribution in [2.45, 2.75) is 0 Å². The number of nitro benzene ring substituents is 2. The normalized spacial score (nSPS) is 10.6. The van der Waals surface area contributed by atoms with Gasteiger partial charge in [-0.3, -0.25) is 20.2 Å². The maximum absolute atomic E-state index is 10.7. The summed E-state index contributed by atoms with van der Waals surface area (Å²) in [5.41, 5.74) is -1.08. The lowest BCUT2D eigenvalue weighted by Gasteiger charge is -1.96. The first kappa shape index (κ1) is 10.6. The number of benzene rings is 1. The van der Waals surface area contributed by atoms with Crippen LogP contribution in [0.4, 0.5) is 11.4 Å². The lowest BCUT2D eigenvalue weighted by molar-refractivity contribution is -0.393. The van der Waals surface area contributed by atoms with E-state index < -0.39 is 21.2 Å². The summed E-state index contributed by atoms with van der Waals surface area (Å²) >= 11 is 6.40. The first-order valence-electron chi connectivity index (χ1n) is 3.76. The zero-order chi connectivity index (χ0) is 11.9. The number of hydrogen-bond donors (Lipinski definition) is 0.